The Kier molecular flexibility index (Phi) is 7.08. The van der Waals surface area contributed by atoms with Crippen LogP contribution >= 0.6 is 0 Å². The van der Waals surface area contributed by atoms with E-state index in [-0.39, 0.29) is 24.7 Å². The van der Waals surface area contributed by atoms with E-state index in [2.05, 4.69) is 17.3 Å². The fraction of sp³-hybridized carbons (Fsp3) is 0.128. The number of hydroxylamine groups is 1. The van der Waals surface area contributed by atoms with Crippen molar-refractivity contribution in [3.05, 3.63) is 167 Å². The summed E-state index contributed by atoms with van der Waals surface area (Å²) in [7, 11) is 0. The minimum Gasteiger partial charge on any atom is -0.392 e. The second kappa shape index (κ2) is 11.7. The Morgan fingerprint density at radius 2 is 1.39 bits per heavy atom. The van der Waals surface area contributed by atoms with Gasteiger partial charge in [0.2, 0.25) is 0 Å². The van der Waals surface area contributed by atoms with Gasteiger partial charge in [-0.25, -0.2) is 0 Å². The van der Waals surface area contributed by atoms with Gasteiger partial charge in [0, 0.05) is 23.1 Å². The zero-order chi connectivity index (χ0) is 31.0. The lowest BCUT2D eigenvalue weighted by Gasteiger charge is -2.30. The number of hydrogen-bond acceptors (Lipinski definition) is 6. The van der Waals surface area contributed by atoms with Crippen LogP contribution in [0.4, 0.5) is 11.4 Å². The molecule has 0 spiro atoms. The summed E-state index contributed by atoms with van der Waals surface area (Å²) in [5.41, 5.74) is 8.53. The molecule has 0 aliphatic carbocycles. The third-order valence-electron chi connectivity index (χ3n) is 8.79. The molecule has 0 saturated heterocycles. The van der Waals surface area contributed by atoms with Crippen molar-refractivity contribution in [2.24, 2.45) is 5.16 Å². The van der Waals surface area contributed by atoms with Crippen molar-refractivity contribution < 1.29 is 19.6 Å². The first-order valence-electron chi connectivity index (χ1n) is 15.4. The Morgan fingerprint density at radius 3 is 2.13 bits per heavy atom. The van der Waals surface area contributed by atoms with Crippen LogP contribution in [0.2, 0.25) is 0 Å². The highest BCUT2D eigenvalue weighted by Crippen LogP contribution is 2.52. The van der Waals surface area contributed by atoms with E-state index >= 15 is 0 Å². The number of carbonyl (C=O) groups is 1. The largest absolute Gasteiger partial charge is 0.392 e. The lowest BCUT2D eigenvalue weighted by atomic mass is 9.86. The first-order valence-corrected chi connectivity index (χ1v) is 15.4. The fourth-order valence-corrected chi connectivity index (χ4v) is 6.56. The number of amides is 1. The highest BCUT2D eigenvalue weighted by molar-refractivity contribution is 6.15. The predicted molar refractivity (Wildman–Crippen MR) is 179 cm³/mol. The highest BCUT2D eigenvalue weighted by Gasteiger charge is 2.43. The van der Waals surface area contributed by atoms with Gasteiger partial charge in [-0.05, 0) is 52.6 Å². The quantitative estimate of drug-likeness (QED) is 0.218. The van der Waals surface area contributed by atoms with Gasteiger partial charge in [-0.15, -0.1) is 0 Å². The molecule has 1 amide bonds. The van der Waals surface area contributed by atoms with Gasteiger partial charge in [-0.3, -0.25) is 4.79 Å². The second-order valence-corrected chi connectivity index (χ2v) is 11.6. The molecular weight excluding hydrogens is 574 g/mol. The molecule has 7 nitrogen and oxygen atoms in total. The number of rotatable bonds is 6. The topological polar surface area (TPSA) is 74.6 Å². The Morgan fingerprint density at radius 1 is 0.739 bits per heavy atom. The molecule has 2 unspecified atom stereocenters. The minimum absolute atomic E-state index is 0.0130. The Balaban J connectivity index is 1.23. The normalized spacial score (nSPS) is 18.5. The maximum Gasteiger partial charge on any atom is 0.259 e. The van der Waals surface area contributed by atoms with Crippen LogP contribution < -0.4 is 9.96 Å². The van der Waals surface area contributed by atoms with Crippen molar-refractivity contribution in [3.63, 3.8) is 0 Å². The van der Waals surface area contributed by atoms with E-state index in [9.17, 15) is 9.90 Å². The summed E-state index contributed by atoms with van der Waals surface area (Å²) in [6.45, 7) is 0.292. The molecule has 0 radical (unpaired) electrons. The van der Waals surface area contributed by atoms with E-state index in [1.165, 1.54) is 0 Å². The van der Waals surface area contributed by atoms with Gasteiger partial charge in [-0.2, -0.15) is 5.06 Å². The molecule has 0 fully saturated rings. The van der Waals surface area contributed by atoms with Crippen LogP contribution in [0.5, 0.6) is 0 Å². The average Bonchev–Trinajstić information content (AvgIpc) is 3.76. The summed E-state index contributed by atoms with van der Waals surface area (Å²) in [4.78, 5) is 29.3. The van der Waals surface area contributed by atoms with E-state index < -0.39 is 0 Å². The lowest BCUT2D eigenvalue weighted by Crippen LogP contribution is -2.39. The number of aliphatic hydroxyl groups is 1. The van der Waals surface area contributed by atoms with Gasteiger partial charge in [0.1, 0.15) is 6.04 Å². The molecule has 7 heteroatoms. The maximum atomic E-state index is 14.7. The number of aliphatic hydroxyl groups excluding tert-OH is 1. The molecule has 8 rings (SSSR count). The maximum absolute atomic E-state index is 14.7. The lowest BCUT2D eigenvalue weighted by molar-refractivity contribution is 0.0817. The monoisotopic (exact) mass is 605 g/mol. The summed E-state index contributed by atoms with van der Waals surface area (Å²) in [6, 6.07) is 43.5. The highest BCUT2D eigenvalue weighted by atomic mass is 16.7. The second-order valence-electron chi connectivity index (χ2n) is 11.6. The SMILES string of the molecule is O=C1c2ccccc2C2=C(ON(c3ccccc3)C2c2ccccc2)c2ccccc2N1CC1CC(c2ccc(CO)cc2)=NO1. The molecule has 0 saturated carbocycles. The average molecular weight is 606 g/mol. The Labute approximate surface area is 267 Å². The molecule has 0 aromatic heterocycles. The summed E-state index contributed by atoms with van der Waals surface area (Å²) in [5.74, 6) is 0.607. The number of benzene rings is 5. The Bertz CT molecular complexity index is 1970. The smallest absolute Gasteiger partial charge is 0.259 e. The number of fused-ring (bicyclic) bond motifs is 4. The van der Waals surface area contributed by atoms with Crippen LogP contribution in [-0.2, 0) is 16.3 Å². The van der Waals surface area contributed by atoms with Gasteiger partial charge in [0.05, 0.1) is 30.2 Å². The van der Waals surface area contributed by atoms with E-state index in [0.29, 0.717) is 24.3 Å². The molecule has 2 atom stereocenters. The molecule has 3 heterocycles. The van der Waals surface area contributed by atoms with Gasteiger partial charge >= 0.3 is 0 Å². The molecule has 226 valence electrons. The van der Waals surface area contributed by atoms with Crippen molar-refractivity contribution in [1.29, 1.82) is 0 Å². The molecule has 3 aliphatic heterocycles. The van der Waals surface area contributed by atoms with Gasteiger partial charge in [-0.1, -0.05) is 108 Å². The first-order chi connectivity index (χ1) is 22.7. The van der Waals surface area contributed by atoms with Crippen LogP contribution in [0.3, 0.4) is 0 Å². The zero-order valence-electron chi connectivity index (χ0n) is 25.0. The molecule has 1 N–H and O–H groups in total. The molecule has 5 aromatic rings. The summed E-state index contributed by atoms with van der Waals surface area (Å²) >= 11 is 0. The van der Waals surface area contributed by atoms with E-state index in [1.54, 1.807) is 0 Å². The fourth-order valence-electron chi connectivity index (χ4n) is 6.56. The molecule has 46 heavy (non-hydrogen) atoms. The summed E-state index contributed by atoms with van der Waals surface area (Å²) in [5, 5.41) is 15.8. The number of anilines is 2. The van der Waals surface area contributed by atoms with Crippen molar-refractivity contribution in [2.45, 2.75) is 25.2 Å². The number of para-hydroxylation sites is 2. The first kappa shape index (κ1) is 27.9. The third kappa shape index (κ3) is 4.82. The number of carbonyl (C=O) groups excluding carboxylic acids is 1. The van der Waals surface area contributed by atoms with E-state index in [4.69, 9.17) is 9.68 Å². The van der Waals surface area contributed by atoms with Crippen molar-refractivity contribution in [2.75, 3.05) is 16.5 Å². The van der Waals surface area contributed by atoms with E-state index in [0.717, 1.165) is 50.5 Å². The standard InChI is InChI=1S/C39H31N3O4/c43-25-26-19-21-27(22-20-26)34-23-30(45-40-34)24-41-35-18-10-9-17-33(35)38-36(31-15-7-8-16-32(31)39(41)44)37(28-11-3-1-4-12-28)42(46-38)29-13-5-2-6-14-29/h1-22,30,37,43H,23-25H2. The van der Waals surface area contributed by atoms with Crippen molar-refractivity contribution in [3.8, 4) is 0 Å². The van der Waals surface area contributed by atoms with Gasteiger partial charge in [0.25, 0.3) is 5.91 Å². The minimum atomic E-state index is -0.341. The van der Waals surface area contributed by atoms with Crippen molar-refractivity contribution in [1.82, 2.24) is 0 Å². The summed E-state index contributed by atoms with van der Waals surface area (Å²) in [6.07, 6.45) is 0.209. The van der Waals surface area contributed by atoms with Crippen LogP contribution in [-0.4, -0.2) is 29.4 Å². The molecule has 3 aliphatic rings. The van der Waals surface area contributed by atoms with Gasteiger partial charge in [0.15, 0.2) is 11.9 Å². The third-order valence-corrected chi connectivity index (χ3v) is 8.79. The van der Waals surface area contributed by atoms with E-state index in [1.807, 2.05) is 131 Å². The zero-order valence-corrected chi connectivity index (χ0v) is 25.0. The van der Waals surface area contributed by atoms with Crippen LogP contribution in [0.1, 0.15) is 50.6 Å². The predicted octanol–water partition coefficient (Wildman–Crippen LogP) is 7.39. The molecule has 0 bridgehead atoms. The number of nitrogens with zero attached hydrogens (tertiary/aromatic N) is 3. The molecule has 5 aromatic carbocycles. The van der Waals surface area contributed by atoms with Crippen LogP contribution in [0.25, 0.3) is 11.3 Å². The molecular formula is C39H31N3O4. The van der Waals surface area contributed by atoms with Crippen LogP contribution in [0, 0.1) is 0 Å². The Hall–Kier alpha value is -5.66. The van der Waals surface area contributed by atoms with Gasteiger partial charge < -0.3 is 19.7 Å². The number of hydrogen-bond donors (Lipinski definition) is 1. The summed E-state index contributed by atoms with van der Waals surface area (Å²) < 4.78 is 0. The van der Waals surface area contributed by atoms with Crippen molar-refractivity contribution >= 4 is 34.3 Å². The number of oxime groups is 1. The van der Waals surface area contributed by atoms with Crippen LogP contribution in [0.15, 0.2) is 139 Å².